The Labute approximate surface area is 108 Å². The summed E-state index contributed by atoms with van der Waals surface area (Å²) in [5, 5.41) is 13.2. The average molecular weight is 261 g/mol. The highest BCUT2D eigenvalue weighted by Crippen LogP contribution is 2.21. The van der Waals surface area contributed by atoms with E-state index >= 15 is 0 Å². The molecule has 1 aliphatic heterocycles. The van der Waals surface area contributed by atoms with Gasteiger partial charge in [0.15, 0.2) is 0 Å². The molecule has 6 heteroatoms. The SMILES string of the molecule is O=C1c2cc(CO)nn2CCN1c1ccc(F)cc1. The summed E-state index contributed by atoms with van der Waals surface area (Å²) in [6, 6.07) is 7.39. The fourth-order valence-corrected chi connectivity index (χ4v) is 2.19. The second kappa shape index (κ2) is 4.47. The zero-order chi connectivity index (χ0) is 13.4. The highest BCUT2D eigenvalue weighted by atomic mass is 19.1. The number of aromatic nitrogens is 2. The van der Waals surface area contributed by atoms with Gasteiger partial charge in [-0.05, 0) is 30.3 Å². The van der Waals surface area contributed by atoms with Crippen LogP contribution < -0.4 is 4.90 Å². The molecule has 1 aliphatic rings. The molecule has 5 nitrogen and oxygen atoms in total. The Morgan fingerprint density at radius 1 is 1.26 bits per heavy atom. The number of carbonyl (C=O) groups excluding carboxylic acids is 1. The molecule has 0 spiro atoms. The van der Waals surface area contributed by atoms with E-state index < -0.39 is 0 Å². The summed E-state index contributed by atoms with van der Waals surface area (Å²) in [7, 11) is 0. The summed E-state index contributed by atoms with van der Waals surface area (Å²) in [5.74, 6) is -0.522. The second-order valence-corrected chi connectivity index (χ2v) is 4.34. The lowest BCUT2D eigenvalue weighted by Gasteiger charge is -2.27. The number of halogens is 1. The van der Waals surface area contributed by atoms with E-state index in [1.165, 1.54) is 12.1 Å². The van der Waals surface area contributed by atoms with Crippen LogP contribution in [0.4, 0.5) is 10.1 Å². The van der Waals surface area contributed by atoms with Crippen molar-refractivity contribution < 1.29 is 14.3 Å². The van der Waals surface area contributed by atoms with Crippen molar-refractivity contribution in [2.24, 2.45) is 0 Å². The third-order valence-corrected chi connectivity index (χ3v) is 3.13. The van der Waals surface area contributed by atoms with Crippen LogP contribution in [0, 0.1) is 5.82 Å². The van der Waals surface area contributed by atoms with Gasteiger partial charge >= 0.3 is 0 Å². The standard InChI is InChI=1S/C13H12FN3O2/c14-9-1-3-11(4-2-9)16-5-6-17-12(13(16)19)7-10(8-18)15-17/h1-4,7,18H,5-6,8H2. The van der Waals surface area contributed by atoms with Gasteiger partial charge in [0.25, 0.3) is 5.91 Å². The zero-order valence-corrected chi connectivity index (χ0v) is 10.1. The molecule has 0 atom stereocenters. The normalized spacial score (nSPS) is 14.6. The molecule has 0 radical (unpaired) electrons. The Balaban J connectivity index is 1.94. The Morgan fingerprint density at radius 2 is 2.00 bits per heavy atom. The molecule has 0 saturated heterocycles. The van der Waals surface area contributed by atoms with E-state index in [1.54, 1.807) is 27.8 Å². The Hall–Kier alpha value is -2.21. The second-order valence-electron chi connectivity index (χ2n) is 4.34. The van der Waals surface area contributed by atoms with E-state index in [0.717, 1.165) is 0 Å². The number of benzene rings is 1. The molecule has 0 aliphatic carbocycles. The van der Waals surface area contributed by atoms with Crippen molar-refractivity contribution in [2.75, 3.05) is 11.4 Å². The van der Waals surface area contributed by atoms with E-state index in [-0.39, 0.29) is 18.3 Å². The van der Waals surface area contributed by atoms with Crippen molar-refractivity contribution in [1.82, 2.24) is 9.78 Å². The van der Waals surface area contributed by atoms with Crippen LogP contribution >= 0.6 is 0 Å². The molecule has 0 fully saturated rings. The topological polar surface area (TPSA) is 58.4 Å². The van der Waals surface area contributed by atoms with Crippen molar-refractivity contribution in [3.8, 4) is 0 Å². The predicted octanol–water partition coefficient (Wildman–Crippen LogP) is 1.17. The predicted molar refractivity (Wildman–Crippen MR) is 66.2 cm³/mol. The largest absolute Gasteiger partial charge is 0.390 e. The monoisotopic (exact) mass is 261 g/mol. The van der Waals surface area contributed by atoms with Gasteiger partial charge in [-0.3, -0.25) is 9.48 Å². The molecule has 0 saturated carbocycles. The summed E-state index contributed by atoms with van der Waals surface area (Å²) in [4.78, 5) is 13.9. The zero-order valence-electron chi connectivity index (χ0n) is 10.1. The Bertz CT molecular complexity index is 621. The van der Waals surface area contributed by atoms with Gasteiger partial charge in [0.1, 0.15) is 11.5 Å². The van der Waals surface area contributed by atoms with Gasteiger partial charge in [-0.2, -0.15) is 5.10 Å². The number of anilines is 1. The van der Waals surface area contributed by atoms with Crippen molar-refractivity contribution in [3.63, 3.8) is 0 Å². The maximum absolute atomic E-state index is 12.9. The number of fused-ring (bicyclic) bond motifs is 1. The average Bonchev–Trinajstić information content (AvgIpc) is 2.85. The van der Waals surface area contributed by atoms with E-state index in [9.17, 15) is 9.18 Å². The number of aliphatic hydroxyl groups is 1. The van der Waals surface area contributed by atoms with Crippen LogP contribution in [0.5, 0.6) is 0 Å². The quantitative estimate of drug-likeness (QED) is 0.883. The van der Waals surface area contributed by atoms with Crippen LogP contribution in [-0.2, 0) is 13.2 Å². The van der Waals surface area contributed by atoms with Gasteiger partial charge in [-0.25, -0.2) is 4.39 Å². The lowest BCUT2D eigenvalue weighted by Crippen LogP contribution is -2.40. The molecular formula is C13H12FN3O2. The van der Waals surface area contributed by atoms with Gasteiger partial charge in [-0.15, -0.1) is 0 Å². The lowest BCUT2D eigenvalue weighted by atomic mass is 10.2. The van der Waals surface area contributed by atoms with Crippen LogP contribution in [0.3, 0.4) is 0 Å². The van der Waals surface area contributed by atoms with Crippen LogP contribution in [-0.4, -0.2) is 27.3 Å². The maximum atomic E-state index is 12.9. The van der Waals surface area contributed by atoms with E-state index in [2.05, 4.69) is 5.10 Å². The molecular weight excluding hydrogens is 249 g/mol. The third-order valence-electron chi connectivity index (χ3n) is 3.13. The number of carbonyl (C=O) groups is 1. The van der Waals surface area contributed by atoms with E-state index in [1.807, 2.05) is 0 Å². The molecule has 2 aromatic rings. The van der Waals surface area contributed by atoms with Crippen LogP contribution in [0.2, 0.25) is 0 Å². The molecule has 98 valence electrons. The number of aliphatic hydroxyl groups excluding tert-OH is 1. The van der Waals surface area contributed by atoms with Crippen molar-refractivity contribution in [3.05, 3.63) is 47.5 Å². The Kier molecular flexibility index (Phi) is 2.79. The summed E-state index contributed by atoms with van der Waals surface area (Å²) in [5.41, 5.74) is 1.58. The molecule has 1 aromatic carbocycles. The first-order valence-corrected chi connectivity index (χ1v) is 5.94. The minimum Gasteiger partial charge on any atom is -0.390 e. The first-order valence-electron chi connectivity index (χ1n) is 5.94. The molecule has 2 heterocycles. The fourth-order valence-electron chi connectivity index (χ4n) is 2.19. The van der Waals surface area contributed by atoms with Gasteiger partial charge in [0.2, 0.25) is 0 Å². The Morgan fingerprint density at radius 3 is 2.68 bits per heavy atom. The number of amides is 1. The van der Waals surface area contributed by atoms with Gasteiger partial charge in [0, 0.05) is 12.2 Å². The van der Waals surface area contributed by atoms with Crippen molar-refractivity contribution in [1.29, 1.82) is 0 Å². The summed E-state index contributed by atoms with van der Waals surface area (Å²) < 4.78 is 14.5. The fraction of sp³-hybridized carbons (Fsp3) is 0.231. The molecule has 1 amide bonds. The molecule has 0 bridgehead atoms. The van der Waals surface area contributed by atoms with Gasteiger partial charge in [0.05, 0.1) is 18.8 Å². The first kappa shape index (κ1) is 11.9. The minimum absolute atomic E-state index is 0.190. The molecule has 3 rings (SSSR count). The number of nitrogens with zero attached hydrogens (tertiary/aromatic N) is 3. The van der Waals surface area contributed by atoms with E-state index in [0.29, 0.717) is 30.2 Å². The van der Waals surface area contributed by atoms with Crippen LogP contribution in [0.15, 0.2) is 30.3 Å². The highest BCUT2D eigenvalue weighted by Gasteiger charge is 2.27. The summed E-state index contributed by atoms with van der Waals surface area (Å²) >= 11 is 0. The number of hydrogen-bond acceptors (Lipinski definition) is 3. The highest BCUT2D eigenvalue weighted by molar-refractivity contribution is 6.05. The van der Waals surface area contributed by atoms with E-state index in [4.69, 9.17) is 5.11 Å². The third kappa shape index (κ3) is 2.00. The number of hydrogen-bond donors (Lipinski definition) is 1. The van der Waals surface area contributed by atoms with Crippen LogP contribution in [0.1, 0.15) is 16.2 Å². The molecule has 1 aromatic heterocycles. The maximum Gasteiger partial charge on any atom is 0.276 e. The van der Waals surface area contributed by atoms with Crippen molar-refractivity contribution >= 4 is 11.6 Å². The smallest absolute Gasteiger partial charge is 0.276 e. The van der Waals surface area contributed by atoms with Gasteiger partial charge in [-0.1, -0.05) is 0 Å². The lowest BCUT2D eigenvalue weighted by molar-refractivity contribution is 0.0962. The minimum atomic E-state index is -0.333. The molecule has 19 heavy (non-hydrogen) atoms. The first-order chi connectivity index (χ1) is 9.19. The summed E-state index contributed by atoms with van der Waals surface area (Å²) in [6.45, 7) is 0.840. The summed E-state index contributed by atoms with van der Waals surface area (Å²) in [6.07, 6.45) is 0. The molecule has 0 unspecified atom stereocenters. The number of rotatable bonds is 2. The van der Waals surface area contributed by atoms with Crippen LogP contribution in [0.25, 0.3) is 0 Å². The molecule has 1 N–H and O–H groups in total. The van der Waals surface area contributed by atoms with Crippen molar-refractivity contribution in [2.45, 2.75) is 13.2 Å². The van der Waals surface area contributed by atoms with Gasteiger partial charge < -0.3 is 10.0 Å².